The van der Waals surface area contributed by atoms with Crippen LogP contribution in [0.1, 0.15) is 5.56 Å². The molecule has 8 aromatic rings. The first-order chi connectivity index (χ1) is 21.3. The van der Waals surface area contributed by atoms with Gasteiger partial charge in [0.15, 0.2) is 11.5 Å². The Kier molecular flexibility index (Phi) is 5.43. The summed E-state index contributed by atoms with van der Waals surface area (Å²) in [6.45, 7) is 1.96. The number of fused-ring (bicyclic) bond motifs is 6. The van der Waals surface area contributed by atoms with Crippen molar-refractivity contribution in [2.24, 2.45) is 0 Å². The molecule has 44 heavy (non-hydrogen) atoms. The van der Waals surface area contributed by atoms with Gasteiger partial charge < -0.3 is 25.5 Å². The Balaban J connectivity index is 1.54. The SMILES string of the molecule is Cc1ccc2c(-c3cccc4c3ccc3cc5ccccc5cc34)c3ccccc3c(-c3c(O)c(O)c(O)c(O)c3O)c2c1. The van der Waals surface area contributed by atoms with Gasteiger partial charge >= 0.3 is 0 Å². The van der Waals surface area contributed by atoms with Gasteiger partial charge in [-0.1, -0.05) is 103 Å². The first-order valence-corrected chi connectivity index (χ1v) is 14.3. The third-order valence-electron chi connectivity index (χ3n) is 8.81. The molecule has 0 aromatic heterocycles. The highest BCUT2D eigenvalue weighted by Crippen LogP contribution is 2.58. The number of phenols is 5. The van der Waals surface area contributed by atoms with E-state index in [4.69, 9.17) is 0 Å². The molecule has 0 spiro atoms. The number of hydrogen-bond acceptors (Lipinski definition) is 5. The molecule has 212 valence electrons. The molecule has 0 unspecified atom stereocenters. The zero-order chi connectivity index (χ0) is 30.3. The van der Waals surface area contributed by atoms with Gasteiger partial charge in [0, 0.05) is 5.56 Å². The maximum atomic E-state index is 11.0. The highest BCUT2D eigenvalue weighted by atomic mass is 16.4. The third kappa shape index (κ3) is 3.53. The van der Waals surface area contributed by atoms with Crippen molar-refractivity contribution in [3.63, 3.8) is 0 Å². The second-order valence-electron chi connectivity index (χ2n) is 11.3. The van der Waals surface area contributed by atoms with E-state index in [-0.39, 0.29) is 5.56 Å². The molecule has 0 radical (unpaired) electrons. The zero-order valence-electron chi connectivity index (χ0n) is 23.6. The monoisotopic (exact) mass is 574 g/mol. The molecule has 0 aliphatic heterocycles. The van der Waals surface area contributed by atoms with Gasteiger partial charge in [0.2, 0.25) is 17.2 Å². The van der Waals surface area contributed by atoms with E-state index in [0.29, 0.717) is 16.3 Å². The Bertz CT molecular complexity index is 2480. The van der Waals surface area contributed by atoms with Gasteiger partial charge in [-0.15, -0.1) is 0 Å². The maximum Gasteiger partial charge on any atom is 0.208 e. The van der Waals surface area contributed by atoms with Crippen molar-refractivity contribution in [2.45, 2.75) is 6.92 Å². The van der Waals surface area contributed by atoms with Gasteiger partial charge in [-0.3, -0.25) is 0 Å². The summed E-state index contributed by atoms with van der Waals surface area (Å²) in [7, 11) is 0. The molecule has 0 atom stereocenters. The van der Waals surface area contributed by atoms with Gasteiger partial charge in [0.1, 0.15) is 0 Å². The van der Waals surface area contributed by atoms with Crippen LogP contribution in [0.25, 0.3) is 76.1 Å². The predicted molar refractivity (Wildman–Crippen MR) is 178 cm³/mol. The summed E-state index contributed by atoms with van der Waals surface area (Å²) in [5.41, 5.74) is 3.23. The summed E-state index contributed by atoms with van der Waals surface area (Å²) in [4.78, 5) is 0. The average molecular weight is 575 g/mol. The molecule has 5 N–H and O–H groups in total. The molecule has 0 fully saturated rings. The second-order valence-corrected chi connectivity index (χ2v) is 11.3. The molecule has 0 saturated carbocycles. The molecule has 0 aliphatic carbocycles. The molecule has 0 heterocycles. The van der Waals surface area contributed by atoms with Crippen LogP contribution >= 0.6 is 0 Å². The molecule has 8 rings (SSSR count). The Morgan fingerprint density at radius 1 is 0.341 bits per heavy atom. The summed E-state index contributed by atoms with van der Waals surface area (Å²) < 4.78 is 0. The lowest BCUT2D eigenvalue weighted by Crippen LogP contribution is -1.93. The fourth-order valence-corrected chi connectivity index (χ4v) is 6.77. The lowest BCUT2D eigenvalue weighted by molar-refractivity contribution is 0.330. The summed E-state index contributed by atoms with van der Waals surface area (Å²) in [5, 5.41) is 63.2. The third-order valence-corrected chi connectivity index (χ3v) is 8.81. The van der Waals surface area contributed by atoms with Crippen molar-refractivity contribution in [3.05, 3.63) is 115 Å². The summed E-state index contributed by atoms with van der Waals surface area (Å²) >= 11 is 0. The number of aryl methyl sites for hydroxylation is 1. The van der Waals surface area contributed by atoms with Crippen LogP contribution < -0.4 is 0 Å². The standard InChI is InChI=1S/C39H26O5/c1-20-13-15-29-31(17-20)33(34-35(40)37(42)39(44)38(43)36(34)41)28-10-5-4-9-27(28)32(29)26-12-6-11-24-25(26)16-14-23-18-21-7-2-3-8-22(21)19-30(23)24/h2-19,40-44H,1H3. The van der Waals surface area contributed by atoms with E-state index in [1.807, 2.05) is 49.4 Å². The molecule has 0 aliphatic rings. The number of rotatable bonds is 2. The van der Waals surface area contributed by atoms with Gasteiger partial charge in [-0.2, -0.15) is 0 Å². The molecule has 5 nitrogen and oxygen atoms in total. The molecular weight excluding hydrogens is 548 g/mol. The van der Waals surface area contributed by atoms with E-state index < -0.39 is 28.7 Å². The van der Waals surface area contributed by atoms with Crippen molar-refractivity contribution in [2.75, 3.05) is 0 Å². The van der Waals surface area contributed by atoms with Crippen LogP contribution in [-0.2, 0) is 0 Å². The molecule has 8 aromatic carbocycles. The van der Waals surface area contributed by atoms with Gasteiger partial charge in [0.05, 0.1) is 5.56 Å². The topological polar surface area (TPSA) is 101 Å². The highest BCUT2D eigenvalue weighted by Gasteiger charge is 2.28. The van der Waals surface area contributed by atoms with Crippen molar-refractivity contribution >= 4 is 53.9 Å². The van der Waals surface area contributed by atoms with Crippen molar-refractivity contribution in [1.82, 2.24) is 0 Å². The normalized spacial score (nSPS) is 11.8. The van der Waals surface area contributed by atoms with Gasteiger partial charge in [-0.05, 0) is 84.0 Å². The Labute approximate surface area is 251 Å². The largest absolute Gasteiger partial charge is 0.504 e. The lowest BCUT2D eigenvalue weighted by Gasteiger charge is -2.21. The van der Waals surface area contributed by atoms with Crippen LogP contribution in [0.2, 0.25) is 0 Å². The summed E-state index contributed by atoms with van der Waals surface area (Å²) in [5.74, 6) is -4.24. The first kappa shape index (κ1) is 25.7. The molecule has 0 bridgehead atoms. The van der Waals surface area contributed by atoms with Crippen LogP contribution in [0.3, 0.4) is 0 Å². The van der Waals surface area contributed by atoms with E-state index in [9.17, 15) is 25.5 Å². The minimum Gasteiger partial charge on any atom is -0.504 e. The van der Waals surface area contributed by atoms with Crippen LogP contribution in [0.4, 0.5) is 0 Å². The molecule has 5 heteroatoms. The minimum absolute atomic E-state index is 0.160. The van der Waals surface area contributed by atoms with E-state index in [0.717, 1.165) is 49.0 Å². The van der Waals surface area contributed by atoms with E-state index in [1.165, 1.54) is 10.8 Å². The predicted octanol–water partition coefficient (Wildman–Crippen LogP) is 9.62. The highest BCUT2D eigenvalue weighted by molar-refractivity contribution is 6.26. The number of benzene rings is 8. The molecule has 0 amide bonds. The smallest absolute Gasteiger partial charge is 0.208 e. The zero-order valence-corrected chi connectivity index (χ0v) is 23.6. The van der Waals surface area contributed by atoms with Gasteiger partial charge in [0.25, 0.3) is 0 Å². The quantitative estimate of drug-likeness (QED) is 0.0612. The molecule has 0 saturated heterocycles. The van der Waals surface area contributed by atoms with Crippen molar-refractivity contribution in [1.29, 1.82) is 0 Å². The maximum absolute atomic E-state index is 11.0. The second kappa shape index (κ2) is 9.28. The lowest BCUT2D eigenvalue weighted by atomic mass is 9.83. The van der Waals surface area contributed by atoms with Crippen LogP contribution in [0.5, 0.6) is 28.7 Å². The van der Waals surface area contributed by atoms with Crippen molar-refractivity contribution < 1.29 is 25.5 Å². The fraction of sp³-hybridized carbons (Fsp3) is 0.0256. The number of aromatic hydroxyl groups is 5. The Morgan fingerprint density at radius 3 is 1.64 bits per heavy atom. The van der Waals surface area contributed by atoms with Crippen LogP contribution in [0, 0.1) is 6.92 Å². The van der Waals surface area contributed by atoms with Crippen LogP contribution in [0.15, 0.2) is 109 Å². The minimum atomic E-state index is -0.985. The fourth-order valence-electron chi connectivity index (χ4n) is 6.77. The summed E-state index contributed by atoms with van der Waals surface area (Å²) in [6, 6.07) is 37.2. The average Bonchev–Trinajstić information content (AvgIpc) is 3.05. The summed E-state index contributed by atoms with van der Waals surface area (Å²) in [6.07, 6.45) is 0. The Morgan fingerprint density at radius 2 is 0.909 bits per heavy atom. The van der Waals surface area contributed by atoms with E-state index in [2.05, 4.69) is 66.7 Å². The Hall–Kier alpha value is -5.94. The first-order valence-electron chi connectivity index (χ1n) is 14.3. The van der Waals surface area contributed by atoms with E-state index >= 15 is 0 Å². The van der Waals surface area contributed by atoms with E-state index in [1.54, 1.807) is 0 Å². The van der Waals surface area contributed by atoms with Crippen molar-refractivity contribution in [3.8, 4) is 51.0 Å². The number of hydrogen-bond donors (Lipinski definition) is 5. The molecular formula is C39H26O5. The van der Waals surface area contributed by atoms with Gasteiger partial charge in [-0.25, -0.2) is 0 Å². The number of phenolic OH excluding ortho intramolecular Hbond substituents is 5. The van der Waals surface area contributed by atoms with Crippen LogP contribution in [-0.4, -0.2) is 25.5 Å².